The first-order valence-corrected chi connectivity index (χ1v) is 10.3. The Kier molecular flexibility index (Phi) is 4.93. The first kappa shape index (κ1) is 19.0. The van der Waals surface area contributed by atoms with Crippen LogP contribution in [0.25, 0.3) is 0 Å². The van der Waals surface area contributed by atoms with Crippen molar-refractivity contribution < 1.29 is 9.53 Å². The number of methoxy groups -OCH3 is 1. The van der Waals surface area contributed by atoms with Gasteiger partial charge in [0.1, 0.15) is 0 Å². The van der Waals surface area contributed by atoms with E-state index in [1.54, 1.807) is 7.11 Å². The SMILES string of the molecule is C=C1/C=C(C#CC2CC2)\C=C/CCC2(CCC(OC)CC2)C12N=C(N)NC2=O. The molecule has 4 rings (SSSR count). The molecule has 1 aliphatic heterocycles. The van der Waals surface area contributed by atoms with Crippen LogP contribution in [0.15, 0.2) is 40.9 Å². The first-order chi connectivity index (χ1) is 13.5. The molecule has 0 aromatic carbocycles. The lowest BCUT2D eigenvalue weighted by Gasteiger charge is -2.49. The number of carbonyl (C=O) groups excluding carboxylic acids is 1. The summed E-state index contributed by atoms with van der Waals surface area (Å²) in [6.45, 7) is 4.33. The molecule has 4 aliphatic rings. The van der Waals surface area contributed by atoms with E-state index < -0.39 is 5.54 Å². The average Bonchev–Trinajstić information content (AvgIpc) is 3.45. The molecular weight excluding hydrogens is 350 g/mol. The van der Waals surface area contributed by atoms with Crippen LogP contribution in [0.5, 0.6) is 0 Å². The van der Waals surface area contributed by atoms with Crippen LogP contribution in [0.4, 0.5) is 0 Å². The van der Waals surface area contributed by atoms with Crippen molar-refractivity contribution >= 4 is 11.9 Å². The number of nitrogens with one attached hydrogen (secondary N) is 1. The van der Waals surface area contributed by atoms with Gasteiger partial charge in [0.15, 0.2) is 11.5 Å². The molecule has 28 heavy (non-hydrogen) atoms. The number of nitrogens with zero attached hydrogens (tertiary/aromatic N) is 1. The van der Waals surface area contributed by atoms with Crippen LogP contribution >= 0.6 is 0 Å². The topological polar surface area (TPSA) is 76.7 Å². The van der Waals surface area contributed by atoms with Gasteiger partial charge in [-0.15, -0.1) is 0 Å². The molecule has 0 aromatic rings. The number of carbonyl (C=O) groups is 1. The van der Waals surface area contributed by atoms with Crippen LogP contribution in [0.1, 0.15) is 51.4 Å². The zero-order valence-electron chi connectivity index (χ0n) is 16.6. The smallest absolute Gasteiger partial charge is 0.259 e. The lowest BCUT2D eigenvalue weighted by atomic mass is 9.56. The average molecular weight is 380 g/mol. The van der Waals surface area contributed by atoms with Crippen molar-refractivity contribution in [1.29, 1.82) is 0 Å². The highest BCUT2D eigenvalue weighted by Crippen LogP contribution is 2.55. The second-order valence-electron chi connectivity index (χ2n) is 8.49. The lowest BCUT2D eigenvalue weighted by Crippen LogP contribution is -2.56. The molecule has 5 nitrogen and oxygen atoms in total. The van der Waals surface area contributed by atoms with Gasteiger partial charge in [-0.2, -0.15) is 0 Å². The van der Waals surface area contributed by atoms with Crippen LogP contribution in [-0.2, 0) is 9.53 Å². The number of ether oxygens (including phenoxy) is 1. The number of fused-ring (bicyclic) bond motifs is 1. The van der Waals surface area contributed by atoms with Gasteiger partial charge in [-0.3, -0.25) is 10.1 Å². The number of aliphatic imine (C=N–C) groups is 1. The molecule has 5 heteroatoms. The summed E-state index contributed by atoms with van der Waals surface area (Å²) >= 11 is 0. The van der Waals surface area contributed by atoms with Gasteiger partial charge in [-0.1, -0.05) is 30.6 Å². The Hall–Kier alpha value is -2.32. The summed E-state index contributed by atoms with van der Waals surface area (Å²) in [5.74, 6) is 7.14. The molecule has 0 aromatic heterocycles. The van der Waals surface area contributed by atoms with E-state index in [2.05, 4.69) is 35.9 Å². The van der Waals surface area contributed by atoms with Crippen molar-refractivity contribution in [3.8, 4) is 11.8 Å². The van der Waals surface area contributed by atoms with E-state index in [0.29, 0.717) is 11.5 Å². The number of rotatable bonds is 1. The van der Waals surface area contributed by atoms with E-state index in [-0.39, 0.29) is 23.4 Å². The molecule has 2 fully saturated rings. The van der Waals surface area contributed by atoms with Crippen LogP contribution < -0.4 is 11.1 Å². The molecule has 1 amide bonds. The van der Waals surface area contributed by atoms with Crippen molar-refractivity contribution in [2.45, 2.75) is 63.0 Å². The van der Waals surface area contributed by atoms with E-state index in [9.17, 15) is 4.79 Å². The molecule has 2 spiro atoms. The van der Waals surface area contributed by atoms with Gasteiger partial charge in [0.05, 0.1) is 6.10 Å². The summed E-state index contributed by atoms with van der Waals surface area (Å²) in [5, 5.41) is 2.76. The molecule has 0 radical (unpaired) electrons. The van der Waals surface area contributed by atoms with E-state index in [1.807, 2.05) is 6.08 Å². The van der Waals surface area contributed by atoms with E-state index in [4.69, 9.17) is 15.5 Å². The first-order valence-electron chi connectivity index (χ1n) is 10.3. The molecule has 1 heterocycles. The Morgan fingerprint density at radius 3 is 2.64 bits per heavy atom. The predicted molar refractivity (Wildman–Crippen MR) is 110 cm³/mol. The number of hydrogen-bond donors (Lipinski definition) is 2. The van der Waals surface area contributed by atoms with Crippen molar-refractivity contribution in [2.75, 3.05) is 7.11 Å². The largest absolute Gasteiger partial charge is 0.381 e. The number of nitrogens with two attached hydrogens (primary N) is 1. The molecule has 1 unspecified atom stereocenters. The molecule has 0 bridgehead atoms. The third kappa shape index (κ3) is 3.20. The van der Waals surface area contributed by atoms with Gasteiger partial charge in [-0.05, 0) is 63.0 Å². The predicted octanol–water partition coefficient (Wildman–Crippen LogP) is 2.99. The summed E-state index contributed by atoms with van der Waals surface area (Å²) in [6.07, 6.45) is 14.1. The maximum Gasteiger partial charge on any atom is 0.259 e. The minimum atomic E-state index is -1.06. The fraction of sp³-hybridized carbons (Fsp3) is 0.565. The van der Waals surface area contributed by atoms with Gasteiger partial charge in [-0.25, -0.2) is 4.99 Å². The van der Waals surface area contributed by atoms with Gasteiger partial charge in [0.25, 0.3) is 5.91 Å². The van der Waals surface area contributed by atoms with Crippen LogP contribution in [0.2, 0.25) is 0 Å². The summed E-state index contributed by atoms with van der Waals surface area (Å²) in [7, 11) is 1.76. The van der Waals surface area contributed by atoms with Crippen LogP contribution in [0, 0.1) is 23.2 Å². The molecule has 0 saturated heterocycles. The maximum absolute atomic E-state index is 13.3. The molecule has 2 saturated carbocycles. The molecular formula is C23H29N3O2. The monoisotopic (exact) mass is 379 g/mol. The van der Waals surface area contributed by atoms with Gasteiger partial charge in [0, 0.05) is 24.0 Å². The normalized spacial score (nSPS) is 38.4. The van der Waals surface area contributed by atoms with Crippen LogP contribution in [0.3, 0.4) is 0 Å². The van der Waals surface area contributed by atoms with E-state index >= 15 is 0 Å². The standard InChI is InChI=1S/C23H29N3O2/c1-16-15-18(9-8-17-6-7-17)5-3-4-12-22(13-10-19(28-2)11-14-22)23(16)20(27)25-21(24)26-23/h3,5,15,17,19H,1,4,6-7,10-14H2,2H3,(H3,24,25,26,27)/b5-3-,18-15+. The number of amides is 1. The highest BCUT2D eigenvalue weighted by Gasteiger charge is 2.60. The van der Waals surface area contributed by atoms with Gasteiger partial charge in [0.2, 0.25) is 0 Å². The maximum atomic E-state index is 13.3. The van der Waals surface area contributed by atoms with E-state index in [0.717, 1.165) is 44.1 Å². The third-order valence-electron chi connectivity index (χ3n) is 6.73. The molecule has 3 aliphatic carbocycles. The Morgan fingerprint density at radius 2 is 2.04 bits per heavy atom. The minimum Gasteiger partial charge on any atom is -0.381 e. The van der Waals surface area contributed by atoms with Crippen LogP contribution in [-0.4, -0.2) is 30.6 Å². The summed E-state index contributed by atoms with van der Waals surface area (Å²) in [4.78, 5) is 18.0. The summed E-state index contributed by atoms with van der Waals surface area (Å²) in [5.41, 5.74) is 6.20. The second kappa shape index (κ2) is 7.25. The Bertz CT molecular complexity index is 830. The lowest BCUT2D eigenvalue weighted by molar-refractivity contribution is -0.129. The van der Waals surface area contributed by atoms with Gasteiger partial charge < -0.3 is 10.5 Å². The Morgan fingerprint density at radius 1 is 1.29 bits per heavy atom. The Labute approximate surface area is 167 Å². The van der Waals surface area contributed by atoms with E-state index in [1.165, 1.54) is 12.8 Å². The highest BCUT2D eigenvalue weighted by molar-refractivity contribution is 6.09. The Balaban J connectivity index is 1.77. The summed E-state index contributed by atoms with van der Waals surface area (Å²) < 4.78 is 5.58. The number of allylic oxidation sites excluding steroid dienone is 3. The fourth-order valence-electron chi connectivity index (χ4n) is 4.96. The molecule has 3 N–H and O–H groups in total. The number of hydrogen-bond acceptors (Lipinski definition) is 4. The van der Waals surface area contributed by atoms with Crippen molar-refractivity contribution in [2.24, 2.45) is 22.1 Å². The van der Waals surface area contributed by atoms with Crippen molar-refractivity contribution in [3.63, 3.8) is 0 Å². The minimum absolute atomic E-state index is 0.154. The fourth-order valence-corrected chi connectivity index (χ4v) is 4.96. The number of guanidine groups is 1. The summed E-state index contributed by atoms with van der Waals surface area (Å²) in [6, 6.07) is 0. The zero-order valence-corrected chi connectivity index (χ0v) is 16.6. The second-order valence-corrected chi connectivity index (χ2v) is 8.49. The highest BCUT2D eigenvalue weighted by atomic mass is 16.5. The molecule has 148 valence electrons. The van der Waals surface area contributed by atoms with Crippen molar-refractivity contribution in [1.82, 2.24) is 5.32 Å². The third-order valence-corrected chi connectivity index (χ3v) is 6.73. The van der Waals surface area contributed by atoms with Gasteiger partial charge >= 0.3 is 0 Å². The zero-order chi connectivity index (χ0) is 19.8. The molecule has 1 atom stereocenters. The quantitative estimate of drug-likeness (QED) is 0.688. The van der Waals surface area contributed by atoms with Crippen molar-refractivity contribution in [3.05, 3.63) is 36.0 Å².